The molecule has 1 heterocycles. The van der Waals surface area contributed by atoms with Crippen LogP contribution in [0.15, 0.2) is 24.3 Å². The van der Waals surface area contributed by atoms with E-state index in [0.29, 0.717) is 6.42 Å². The van der Waals surface area contributed by atoms with Gasteiger partial charge in [-0.05, 0) is 104 Å². The molecule has 0 aromatic rings. The van der Waals surface area contributed by atoms with Crippen LogP contribution in [0.4, 0.5) is 0 Å². The first kappa shape index (κ1) is 39.7. The van der Waals surface area contributed by atoms with Gasteiger partial charge >= 0.3 is 0 Å². The lowest BCUT2D eigenvalue weighted by molar-refractivity contribution is -0.135. The first-order chi connectivity index (χ1) is 19.2. The summed E-state index contributed by atoms with van der Waals surface area (Å²) in [7, 11) is -7.09. The van der Waals surface area contributed by atoms with E-state index in [9.17, 15) is 4.79 Å². The topological polar surface area (TPSA) is 63.2 Å². The number of hydrogen-bond acceptors (Lipinski definition) is 6. The average Bonchev–Trinajstić information content (AvgIpc) is 3.17. The maximum absolute atomic E-state index is 12.1. The standard InChI is InChI=1S/C32H66O6Si4/c1-14-15-18-21-27(35-39(2,3)4)24-25-28-31(37-41(8,9)10)26-30(34-28)29(36-40(5,6)7)22-19-16-17-20-23-32(33)38-42(11,12)13/h16,19,24-25,27-31H,14-15,17-18,20-23,26H2,1-13H3. The normalized spacial score (nSPS) is 22.3. The minimum atomic E-state index is -1.82. The monoisotopic (exact) mass is 658 g/mol. The summed E-state index contributed by atoms with van der Waals surface area (Å²) in [6.45, 7) is 28.6. The lowest BCUT2D eigenvalue weighted by Crippen LogP contribution is -2.39. The van der Waals surface area contributed by atoms with Crippen molar-refractivity contribution in [2.24, 2.45) is 0 Å². The van der Waals surface area contributed by atoms with Crippen LogP contribution in [-0.2, 0) is 27.2 Å². The third-order valence-corrected chi connectivity index (χ3v) is 10.3. The van der Waals surface area contributed by atoms with Crippen molar-refractivity contribution in [3.05, 3.63) is 24.3 Å². The van der Waals surface area contributed by atoms with E-state index in [4.69, 9.17) is 22.4 Å². The summed E-state index contributed by atoms with van der Waals surface area (Å²) < 4.78 is 32.3. The third-order valence-electron chi connectivity index (χ3n) is 6.41. The number of allylic oxidation sites excluding steroid dienone is 1. The predicted octanol–water partition coefficient (Wildman–Crippen LogP) is 9.44. The zero-order chi connectivity index (χ0) is 32.2. The summed E-state index contributed by atoms with van der Waals surface area (Å²) in [6, 6.07) is 0. The summed E-state index contributed by atoms with van der Waals surface area (Å²) in [5, 5.41) is 0. The Morgan fingerprint density at radius 3 is 2.02 bits per heavy atom. The molecule has 1 rings (SSSR count). The second-order valence-corrected chi connectivity index (χ2v) is 33.6. The summed E-state index contributed by atoms with van der Waals surface area (Å²) in [5.74, 6) is -0.0720. The molecule has 6 nitrogen and oxygen atoms in total. The molecule has 1 aliphatic heterocycles. The van der Waals surface area contributed by atoms with Crippen LogP contribution in [-0.4, -0.2) is 69.8 Å². The van der Waals surface area contributed by atoms with E-state index in [0.717, 1.165) is 32.1 Å². The molecule has 5 unspecified atom stereocenters. The lowest BCUT2D eigenvalue weighted by Gasteiger charge is -2.30. The number of hydrogen-bond donors (Lipinski definition) is 0. The molecule has 0 aromatic heterocycles. The van der Waals surface area contributed by atoms with Crippen molar-refractivity contribution in [3.8, 4) is 0 Å². The van der Waals surface area contributed by atoms with Gasteiger partial charge in [-0.25, -0.2) is 0 Å². The Morgan fingerprint density at radius 2 is 1.48 bits per heavy atom. The molecule has 1 fully saturated rings. The molecule has 0 radical (unpaired) electrons. The third kappa shape index (κ3) is 19.8. The van der Waals surface area contributed by atoms with Gasteiger partial charge in [-0.3, -0.25) is 4.79 Å². The molecule has 0 spiro atoms. The Bertz CT molecular complexity index is 836. The van der Waals surface area contributed by atoms with Crippen LogP contribution in [0.1, 0.15) is 64.7 Å². The fourth-order valence-electron chi connectivity index (χ4n) is 5.00. The predicted molar refractivity (Wildman–Crippen MR) is 188 cm³/mol. The van der Waals surface area contributed by atoms with Crippen LogP contribution in [0, 0.1) is 0 Å². The molecule has 42 heavy (non-hydrogen) atoms. The second kappa shape index (κ2) is 18.0. The highest BCUT2D eigenvalue weighted by Crippen LogP contribution is 2.32. The van der Waals surface area contributed by atoms with Crippen LogP contribution in [0.5, 0.6) is 0 Å². The van der Waals surface area contributed by atoms with E-state index >= 15 is 0 Å². The van der Waals surface area contributed by atoms with Gasteiger partial charge in [0.05, 0.1) is 24.4 Å². The van der Waals surface area contributed by atoms with E-state index in [1.54, 1.807) is 0 Å². The van der Waals surface area contributed by atoms with Crippen LogP contribution < -0.4 is 0 Å². The van der Waals surface area contributed by atoms with Crippen LogP contribution in [0.25, 0.3) is 0 Å². The molecule has 10 heteroatoms. The molecule has 5 atom stereocenters. The smallest absolute Gasteiger partial charge is 0.292 e. The molecule has 0 N–H and O–H groups in total. The Morgan fingerprint density at radius 1 is 0.833 bits per heavy atom. The number of carbonyl (C=O) groups is 1. The van der Waals surface area contributed by atoms with E-state index in [1.807, 2.05) is 19.6 Å². The largest absolute Gasteiger partial charge is 0.520 e. The van der Waals surface area contributed by atoms with E-state index in [1.165, 1.54) is 19.3 Å². The summed E-state index contributed by atoms with van der Waals surface area (Å²) in [4.78, 5) is 12.1. The Kier molecular flexibility index (Phi) is 17.0. The van der Waals surface area contributed by atoms with Gasteiger partial charge in [0.1, 0.15) is 6.10 Å². The minimum absolute atomic E-state index is 0.0190. The number of rotatable bonds is 20. The summed E-state index contributed by atoms with van der Waals surface area (Å²) in [6.07, 6.45) is 17.3. The van der Waals surface area contributed by atoms with Gasteiger partial charge < -0.3 is 22.4 Å². The van der Waals surface area contributed by atoms with Crippen molar-refractivity contribution in [2.45, 2.75) is 174 Å². The van der Waals surface area contributed by atoms with Crippen LogP contribution in [0.3, 0.4) is 0 Å². The minimum Gasteiger partial charge on any atom is -0.520 e. The Hall–Kier alpha value is -0.342. The molecule has 246 valence electrons. The molecular weight excluding hydrogens is 593 g/mol. The molecule has 0 saturated carbocycles. The van der Waals surface area contributed by atoms with Gasteiger partial charge in [0, 0.05) is 12.8 Å². The van der Waals surface area contributed by atoms with Crippen molar-refractivity contribution in [2.75, 3.05) is 0 Å². The van der Waals surface area contributed by atoms with Gasteiger partial charge in [-0.15, -0.1) is 0 Å². The number of unbranched alkanes of at least 4 members (excludes halogenated alkanes) is 3. The number of carbonyl (C=O) groups excluding carboxylic acids is 1. The van der Waals surface area contributed by atoms with E-state index in [2.05, 4.69) is 90.2 Å². The summed E-state index contributed by atoms with van der Waals surface area (Å²) in [5.41, 5.74) is 0. The SMILES string of the molecule is CCCCCC(C=CC1OC(C(CC=CCCCC(=O)O[Si](C)(C)C)O[Si](C)(C)C)CC1O[Si](C)(C)C)O[Si](C)(C)C. The van der Waals surface area contributed by atoms with Crippen molar-refractivity contribution in [1.82, 2.24) is 0 Å². The maximum Gasteiger partial charge on any atom is 0.292 e. The van der Waals surface area contributed by atoms with Crippen molar-refractivity contribution < 1.29 is 27.2 Å². The molecule has 0 bridgehead atoms. The highest BCUT2D eigenvalue weighted by atomic mass is 28.4. The van der Waals surface area contributed by atoms with Crippen molar-refractivity contribution in [3.63, 3.8) is 0 Å². The van der Waals surface area contributed by atoms with Gasteiger partial charge in [0.2, 0.25) is 8.32 Å². The molecule has 0 aromatic carbocycles. The van der Waals surface area contributed by atoms with Gasteiger partial charge in [0.15, 0.2) is 25.0 Å². The lowest BCUT2D eigenvalue weighted by atomic mass is 10.0. The molecule has 0 amide bonds. The molecule has 1 aliphatic rings. The van der Waals surface area contributed by atoms with Gasteiger partial charge in [-0.2, -0.15) is 0 Å². The molecule has 0 aliphatic carbocycles. The fraction of sp³-hybridized carbons (Fsp3) is 0.844. The van der Waals surface area contributed by atoms with Crippen molar-refractivity contribution in [1.29, 1.82) is 0 Å². The van der Waals surface area contributed by atoms with Gasteiger partial charge in [0.25, 0.3) is 5.97 Å². The highest BCUT2D eigenvalue weighted by Gasteiger charge is 2.42. The zero-order valence-corrected chi connectivity index (χ0v) is 33.5. The Labute approximate surface area is 263 Å². The average molecular weight is 659 g/mol. The first-order valence-corrected chi connectivity index (χ1v) is 30.0. The van der Waals surface area contributed by atoms with E-state index < -0.39 is 33.3 Å². The van der Waals surface area contributed by atoms with Gasteiger partial charge in [-0.1, -0.05) is 50.5 Å². The van der Waals surface area contributed by atoms with E-state index in [-0.39, 0.29) is 36.5 Å². The fourth-order valence-corrected chi connectivity index (χ4v) is 9.18. The molecule has 1 saturated heterocycles. The second-order valence-electron chi connectivity index (χ2n) is 15.7. The Balaban J connectivity index is 2.98. The first-order valence-electron chi connectivity index (χ1n) is 16.4. The number of ether oxygens (including phenoxy) is 1. The summed E-state index contributed by atoms with van der Waals surface area (Å²) >= 11 is 0. The maximum atomic E-state index is 12.1. The van der Waals surface area contributed by atoms with Crippen molar-refractivity contribution >= 4 is 39.2 Å². The highest BCUT2D eigenvalue weighted by molar-refractivity contribution is 6.71. The van der Waals surface area contributed by atoms with Crippen LogP contribution in [0.2, 0.25) is 78.6 Å². The zero-order valence-electron chi connectivity index (χ0n) is 29.5. The molecular formula is C32H66O6Si4. The van der Waals surface area contributed by atoms with Crippen LogP contribution >= 0.6 is 0 Å². The quantitative estimate of drug-likeness (QED) is 0.0738.